The van der Waals surface area contributed by atoms with Crippen LogP contribution in [0.2, 0.25) is 0 Å². The summed E-state index contributed by atoms with van der Waals surface area (Å²) in [6.45, 7) is 2.51. The van der Waals surface area contributed by atoms with Gasteiger partial charge in [0, 0.05) is 11.3 Å². The summed E-state index contributed by atoms with van der Waals surface area (Å²) < 4.78 is 24.6. The van der Waals surface area contributed by atoms with Crippen molar-refractivity contribution in [2.45, 2.75) is 13.5 Å². The Kier molecular flexibility index (Phi) is 4.23. The molecule has 0 spiro atoms. The Balaban J connectivity index is 2.15. The highest BCUT2D eigenvalue weighted by Crippen LogP contribution is 2.28. The average molecular weight is 261 g/mol. The minimum atomic E-state index is -0.367. The van der Waals surface area contributed by atoms with Crippen LogP contribution in [0.1, 0.15) is 12.5 Å². The van der Waals surface area contributed by atoms with E-state index < -0.39 is 0 Å². The van der Waals surface area contributed by atoms with E-state index in [1.165, 1.54) is 6.07 Å². The van der Waals surface area contributed by atoms with Crippen LogP contribution in [0.3, 0.4) is 0 Å². The van der Waals surface area contributed by atoms with Crippen LogP contribution in [0.15, 0.2) is 42.5 Å². The third-order valence-electron chi connectivity index (χ3n) is 2.68. The van der Waals surface area contributed by atoms with Crippen LogP contribution in [-0.4, -0.2) is 6.61 Å². The van der Waals surface area contributed by atoms with Crippen LogP contribution < -0.4 is 15.2 Å². The summed E-state index contributed by atoms with van der Waals surface area (Å²) >= 11 is 0. The molecule has 2 rings (SSSR count). The zero-order chi connectivity index (χ0) is 13.7. The van der Waals surface area contributed by atoms with Crippen molar-refractivity contribution < 1.29 is 13.9 Å². The van der Waals surface area contributed by atoms with E-state index in [2.05, 4.69) is 0 Å². The second-order valence-corrected chi connectivity index (χ2v) is 3.98. The van der Waals surface area contributed by atoms with Crippen LogP contribution in [0.25, 0.3) is 0 Å². The highest BCUT2D eigenvalue weighted by atomic mass is 19.1. The highest BCUT2D eigenvalue weighted by molar-refractivity contribution is 5.47. The molecule has 0 saturated carbocycles. The van der Waals surface area contributed by atoms with Crippen LogP contribution in [-0.2, 0) is 6.61 Å². The van der Waals surface area contributed by atoms with Gasteiger partial charge in [-0.3, -0.25) is 0 Å². The number of anilines is 1. The van der Waals surface area contributed by atoms with Gasteiger partial charge < -0.3 is 15.2 Å². The maximum Gasteiger partial charge on any atom is 0.161 e. The molecular weight excluding hydrogens is 245 g/mol. The molecule has 0 bridgehead atoms. The number of nitrogens with two attached hydrogens (primary N) is 1. The third-order valence-corrected chi connectivity index (χ3v) is 2.68. The fourth-order valence-electron chi connectivity index (χ4n) is 1.72. The lowest BCUT2D eigenvalue weighted by Crippen LogP contribution is -2.04. The topological polar surface area (TPSA) is 44.5 Å². The largest absolute Gasteiger partial charge is 0.490 e. The lowest BCUT2D eigenvalue weighted by molar-refractivity contribution is 0.266. The number of benzene rings is 2. The second kappa shape index (κ2) is 6.09. The standard InChI is InChI=1S/C15H16FNO2/c1-2-18-14-8-3-4-9-15(14)19-10-11-12(16)6-5-7-13(11)17/h3-9H,2,10,17H2,1H3. The third kappa shape index (κ3) is 3.16. The molecule has 100 valence electrons. The van der Waals surface area contributed by atoms with E-state index in [-0.39, 0.29) is 12.4 Å². The number of rotatable bonds is 5. The molecular formula is C15H16FNO2. The van der Waals surface area contributed by atoms with Gasteiger partial charge in [-0.15, -0.1) is 0 Å². The molecule has 0 fully saturated rings. The first-order chi connectivity index (χ1) is 9.22. The number of halogens is 1. The van der Waals surface area contributed by atoms with Gasteiger partial charge in [0.2, 0.25) is 0 Å². The van der Waals surface area contributed by atoms with E-state index in [1.807, 2.05) is 25.1 Å². The summed E-state index contributed by atoms with van der Waals surface area (Å²) in [5.41, 5.74) is 6.47. The predicted molar refractivity (Wildman–Crippen MR) is 72.8 cm³/mol. The smallest absolute Gasteiger partial charge is 0.161 e. The molecule has 19 heavy (non-hydrogen) atoms. The van der Waals surface area contributed by atoms with Gasteiger partial charge in [0.15, 0.2) is 11.5 Å². The SMILES string of the molecule is CCOc1ccccc1OCc1c(N)cccc1F. The lowest BCUT2D eigenvalue weighted by Gasteiger charge is -2.13. The predicted octanol–water partition coefficient (Wildman–Crippen LogP) is 3.39. The summed E-state index contributed by atoms with van der Waals surface area (Å²) in [6.07, 6.45) is 0. The molecule has 0 saturated heterocycles. The molecule has 0 aliphatic rings. The molecule has 2 aromatic carbocycles. The normalized spacial score (nSPS) is 10.2. The summed E-state index contributed by atoms with van der Waals surface area (Å²) in [4.78, 5) is 0. The van der Waals surface area contributed by atoms with Gasteiger partial charge in [-0.2, -0.15) is 0 Å². The maximum absolute atomic E-state index is 13.6. The van der Waals surface area contributed by atoms with E-state index in [0.29, 0.717) is 29.4 Å². The molecule has 0 heterocycles. The van der Waals surface area contributed by atoms with Gasteiger partial charge >= 0.3 is 0 Å². The molecule has 2 aromatic rings. The average Bonchev–Trinajstić information content (AvgIpc) is 2.40. The molecule has 0 aromatic heterocycles. The highest BCUT2D eigenvalue weighted by Gasteiger charge is 2.09. The van der Waals surface area contributed by atoms with Gasteiger partial charge in [-0.1, -0.05) is 18.2 Å². The fraction of sp³-hybridized carbons (Fsp3) is 0.200. The van der Waals surface area contributed by atoms with Crippen LogP contribution >= 0.6 is 0 Å². The van der Waals surface area contributed by atoms with E-state index >= 15 is 0 Å². The van der Waals surface area contributed by atoms with Crippen molar-refractivity contribution in [3.8, 4) is 11.5 Å². The Bertz CT molecular complexity index is 537. The summed E-state index contributed by atoms with van der Waals surface area (Å²) in [5.74, 6) is 0.848. The van der Waals surface area contributed by atoms with Crippen molar-refractivity contribution >= 4 is 5.69 Å². The van der Waals surface area contributed by atoms with Crippen molar-refractivity contribution in [3.63, 3.8) is 0 Å². The number of hydrogen-bond acceptors (Lipinski definition) is 3. The molecule has 3 nitrogen and oxygen atoms in total. The fourth-order valence-corrected chi connectivity index (χ4v) is 1.72. The Morgan fingerprint density at radius 3 is 2.32 bits per heavy atom. The summed E-state index contributed by atoms with van der Waals surface area (Å²) in [7, 11) is 0. The van der Waals surface area contributed by atoms with E-state index in [0.717, 1.165) is 0 Å². The van der Waals surface area contributed by atoms with Crippen molar-refractivity contribution in [2.24, 2.45) is 0 Å². The minimum absolute atomic E-state index is 0.0720. The van der Waals surface area contributed by atoms with Crippen molar-refractivity contribution in [3.05, 3.63) is 53.8 Å². The van der Waals surface area contributed by atoms with Crippen LogP contribution in [0, 0.1) is 5.82 Å². The van der Waals surface area contributed by atoms with Gasteiger partial charge in [-0.25, -0.2) is 4.39 Å². The van der Waals surface area contributed by atoms with E-state index in [1.54, 1.807) is 18.2 Å². The van der Waals surface area contributed by atoms with E-state index in [4.69, 9.17) is 15.2 Å². The van der Waals surface area contributed by atoms with Crippen LogP contribution in [0.5, 0.6) is 11.5 Å². The van der Waals surface area contributed by atoms with Gasteiger partial charge in [-0.05, 0) is 31.2 Å². The minimum Gasteiger partial charge on any atom is -0.490 e. The monoisotopic (exact) mass is 261 g/mol. The van der Waals surface area contributed by atoms with Gasteiger partial charge in [0.05, 0.1) is 6.61 Å². The molecule has 4 heteroatoms. The van der Waals surface area contributed by atoms with Crippen molar-refractivity contribution in [2.75, 3.05) is 12.3 Å². The molecule has 0 atom stereocenters. The Morgan fingerprint density at radius 1 is 1.00 bits per heavy atom. The molecule has 0 radical (unpaired) electrons. The van der Waals surface area contributed by atoms with Gasteiger partial charge in [0.25, 0.3) is 0 Å². The Labute approximate surface area is 111 Å². The Morgan fingerprint density at radius 2 is 1.68 bits per heavy atom. The van der Waals surface area contributed by atoms with Crippen LogP contribution in [0.4, 0.5) is 10.1 Å². The molecule has 0 aliphatic heterocycles. The molecule has 0 aliphatic carbocycles. The van der Waals surface area contributed by atoms with Gasteiger partial charge in [0.1, 0.15) is 12.4 Å². The van der Waals surface area contributed by atoms with E-state index in [9.17, 15) is 4.39 Å². The first kappa shape index (κ1) is 13.2. The maximum atomic E-state index is 13.6. The lowest BCUT2D eigenvalue weighted by atomic mass is 10.2. The molecule has 2 N–H and O–H groups in total. The number of nitrogen functional groups attached to an aromatic ring is 1. The summed E-state index contributed by atoms with van der Waals surface area (Å²) in [5, 5.41) is 0. The number of para-hydroxylation sites is 2. The number of ether oxygens (including phenoxy) is 2. The Hall–Kier alpha value is -2.23. The number of hydrogen-bond donors (Lipinski definition) is 1. The molecule has 0 unspecified atom stereocenters. The first-order valence-electron chi connectivity index (χ1n) is 6.10. The summed E-state index contributed by atoms with van der Waals surface area (Å²) in [6, 6.07) is 11.9. The zero-order valence-corrected chi connectivity index (χ0v) is 10.7. The second-order valence-electron chi connectivity index (χ2n) is 3.98. The molecule has 0 amide bonds. The van der Waals surface area contributed by atoms with Crippen molar-refractivity contribution in [1.82, 2.24) is 0 Å². The first-order valence-corrected chi connectivity index (χ1v) is 6.10. The zero-order valence-electron chi connectivity index (χ0n) is 10.7. The van der Waals surface area contributed by atoms with Crippen molar-refractivity contribution in [1.29, 1.82) is 0 Å². The quantitative estimate of drug-likeness (QED) is 0.839.